The van der Waals surface area contributed by atoms with Gasteiger partial charge in [0.2, 0.25) is 0 Å². The molecule has 0 saturated heterocycles. The van der Waals surface area contributed by atoms with E-state index in [4.69, 9.17) is 9.26 Å². The number of methoxy groups -OCH3 is 1. The first-order chi connectivity index (χ1) is 8.85. The van der Waals surface area contributed by atoms with E-state index in [-0.39, 0.29) is 0 Å². The van der Waals surface area contributed by atoms with Gasteiger partial charge in [-0.25, -0.2) is 0 Å². The highest BCUT2D eigenvalue weighted by Crippen LogP contribution is 2.25. The zero-order valence-electron chi connectivity index (χ0n) is 10.6. The molecule has 0 amide bonds. The predicted octanol–water partition coefficient (Wildman–Crippen LogP) is 2.36. The molecule has 1 aromatic heterocycles. The van der Waals surface area contributed by atoms with Crippen LogP contribution in [0.25, 0.3) is 11.5 Å². The summed E-state index contributed by atoms with van der Waals surface area (Å²) < 4.78 is 10.3. The van der Waals surface area contributed by atoms with Crippen molar-refractivity contribution in [1.82, 2.24) is 10.1 Å². The molecule has 5 nitrogen and oxygen atoms in total. The molecule has 0 fully saturated rings. The molecule has 96 valence electrons. The Bertz CT molecular complexity index is 496. The number of aromatic nitrogens is 2. The molecular formula is C13H17N3O2. The molecule has 0 atom stereocenters. The van der Waals surface area contributed by atoms with Crippen molar-refractivity contribution in [3.8, 4) is 11.5 Å². The molecule has 5 heteroatoms. The molecule has 0 saturated carbocycles. The van der Waals surface area contributed by atoms with Crippen molar-refractivity contribution < 1.29 is 9.26 Å². The van der Waals surface area contributed by atoms with E-state index < -0.39 is 0 Å². The number of nitrogens with zero attached hydrogens (tertiary/aromatic N) is 2. The van der Waals surface area contributed by atoms with Gasteiger partial charge in [0, 0.05) is 32.9 Å². The number of aryl methyl sites for hydroxylation is 1. The molecule has 0 aliphatic carbocycles. The zero-order chi connectivity index (χ0) is 12.8. The summed E-state index contributed by atoms with van der Waals surface area (Å²) in [6.45, 7) is 0.705. The monoisotopic (exact) mass is 247 g/mol. The fourth-order valence-electron chi connectivity index (χ4n) is 1.73. The third-order valence-electron chi connectivity index (χ3n) is 2.64. The van der Waals surface area contributed by atoms with Gasteiger partial charge in [-0.2, -0.15) is 4.98 Å². The quantitative estimate of drug-likeness (QED) is 0.794. The number of hydrogen-bond acceptors (Lipinski definition) is 5. The number of nitrogens with one attached hydrogen (secondary N) is 1. The van der Waals surface area contributed by atoms with Gasteiger partial charge < -0.3 is 14.6 Å². The predicted molar refractivity (Wildman–Crippen MR) is 69.5 cm³/mol. The molecule has 2 aromatic rings. The lowest BCUT2D eigenvalue weighted by atomic mass is 10.2. The molecule has 0 aliphatic rings. The smallest absolute Gasteiger partial charge is 0.260 e. The minimum absolute atomic E-state index is 0.548. The third-order valence-corrected chi connectivity index (χ3v) is 2.64. The first-order valence-corrected chi connectivity index (χ1v) is 5.94. The lowest BCUT2D eigenvalue weighted by Gasteiger charge is -2.03. The molecule has 0 aliphatic heterocycles. The van der Waals surface area contributed by atoms with Crippen LogP contribution in [-0.2, 0) is 11.2 Å². The first kappa shape index (κ1) is 12.6. The second-order valence-corrected chi connectivity index (χ2v) is 3.91. The van der Waals surface area contributed by atoms with Gasteiger partial charge in [-0.3, -0.25) is 0 Å². The van der Waals surface area contributed by atoms with E-state index in [0.29, 0.717) is 18.3 Å². The number of hydrogen-bond donors (Lipinski definition) is 1. The largest absolute Gasteiger partial charge is 0.387 e. The normalized spacial score (nSPS) is 10.6. The van der Waals surface area contributed by atoms with Crippen molar-refractivity contribution in [2.45, 2.75) is 12.8 Å². The lowest BCUT2D eigenvalue weighted by molar-refractivity contribution is 0.194. The molecule has 0 radical (unpaired) electrons. The number of para-hydroxylation sites is 1. The Balaban J connectivity index is 2.13. The van der Waals surface area contributed by atoms with Gasteiger partial charge in [-0.05, 0) is 18.6 Å². The van der Waals surface area contributed by atoms with E-state index in [1.54, 1.807) is 7.11 Å². The maximum absolute atomic E-state index is 5.28. The van der Waals surface area contributed by atoms with Crippen LogP contribution in [0.15, 0.2) is 28.8 Å². The average molecular weight is 247 g/mol. The molecular weight excluding hydrogens is 230 g/mol. The topological polar surface area (TPSA) is 60.2 Å². The summed E-state index contributed by atoms with van der Waals surface area (Å²) in [4.78, 5) is 4.39. The third kappa shape index (κ3) is 2.87. The van der Waals surface area contributed by atoms with Crippen molar-refractivity contribution >= 4 is 5.69 Å². The molecule has 18 heavy (non-hydrogen) atoms. The summed E-state index contributed by atoms with van der Waals surface area (Å²) in [7, 11) is 3.56. The Morgan fingerprint density at radius 1 is 1.33 bits per heavy atom. The summed E-state index contributed by atoms with van der Waals surface area (Å²) in [5.74, 6) is 1.26. The van der Waals surface area contributed by atoms with Crippen molar-refractivity contribution in [3.63, 3.8) is 0 Å². The van der Waals surface area contributed by atoms with Crippen LogP contribution in [0.1, 0.15) is 12.2 Å². The Kier molecular flexibility index (Phi) is 4.30. The van der Waals surface area contributed by atoms with Crippen molar-refractivity contribution in [2.24, 2.45) is 0 Å². The van der Waals surface area contributed by atoms with Crippen LogP contribution in [0.4, 0.5) is 5.69 Å². The Morgan fingerprint density at radius 2 is 2.17 bits per heavy atom. The number of anilines is 1. The van der Waals surface area contributed by atoms with Gasteiger partial charge in [-0.1, -0.05) is 17.3 Å². The van der Waals surface area contributed by atoms with Gasteiger partial charge in [0.15, 0.2) is 5.82 Å². The Morgan fingerprint density at radius 3 is 2.94 bits per heavy atom. The zero-order valence-corrected chi connectivity index (χ0v) is 10.6. The van der Waals surface area contributed by atoms with Gasteiger partial charge in [0.25, 0.3) is 5.89 Å². The minimum atomic E-state index is 0.548. The van der Waals surface area contributed by atoms with Crippen molar-refractivity contribution in [3.05, 3.63) is 30.1 Å². The molecule has 2 rings (SSSR count). The van der Waals surface area contributed by atoms with Crippen LogP contribution in [0.5, 0.6) is 0 Å². The van der Waals surface area contributed by atoms with Gasteiger partial charge in [0.1, 0.15) is 0 Å². The minimum Gasteiger partial charge on any atom is -0.387 e. The van der Waals surface area contributed by atoms with Crippen LogP contribution in [0, 0.1) is 0 Å². The Hall–Kier alpha value is -1.88. The maximum atomic E-state index is 5.28. The molecule has 1 heterocycles. The molecule has 0 bridgehead atoms. The van der Waals surface area contributed by atoms with E-state index >= 15 is 0 Å². The van der Waals surface area contributed by atoms with E-state index in [0.717, 1.165) is 24.1 Å². The summed E-state index contributed by atoms with van der Waals surface area (Å²) in [6.07, 6.45) is 1.65. The average Bonchev–Trinajstić information content (AvgIpc) is 2.88. The summed E-state index contributed by atoms with van der Waals surface area (Å²) >= 11 is 0. The van der Waals surface area contributed by atoms with Crippen LogP contribution < -0.4 is 5.32 Å². The lowest BCUT2D eigenvalue weighted by Crippen LogP contribution is -1.95. The van der Waals surface area contributed by atoms with Gasteiger partial charge in [-0.15, -0.1) is 0 Å². The van der Waals surface area contributed by atoms with Crippen molar-refractivity contribution in [2.75, 3.05) is 26.1 Å². The van der Waals surface area contributed by atoms with E-state index in [1.165, 1.54) is 0 Å². The summed E-state index contributed by atoms with van der Waals surface area (Å²) in [5, 5.41) is 7.08. The fraction of sp³-hybridized carbons (Fsp3) is 0.385. The highest BCUT2D eigenvalue weighted by Gasteiger charge is 2.11. The van der Waals surface area contributed by atoms with Crippen LogP contribution in [0.3, 0.4) is 0 Å². The second kappa shape index (κ2) is 6.16. The summed E-state index contributed by atoms with van der Waals surface area (Å²) in [5.41, 5.74) is 1.90. The van der Waals surface area contributed by atoms with E-state index in [9.17, 15) is 0 Å². The highest BCUT2D eigenvalue weighted by atomic mass is 16.5. The fourth-order valence-corrected chi connectivity index (χ4v) is 1.73. The molecule has 0 unspecified atom stereocenters. The summed E-state index contributed by atoms with van der Waals surface area (Å²) in [6, 6.07) is 7.85. The van der Waals surface area contributed by atoms with Crippen LogP contribution >= 0.6 is 0 Å². The first-order valence-electron chi connectivity index (χ1n) is 5.94. The number of rotatable bonds is 6. The standard InChI is InChI=1S/C13H17N3O2/c1-14-11-7-4-3-6-10(11)13-15-12(16-18-13)8-5-9-17-2/h3-4,6-7,14H,5,8-9H2,1-2H3. The molecule has 1 aromatic carbocycles. The highest BCUT2D eigenvalue weighted by molar-refractivity contribution is 5.71. The number of ether oxygens (including phenoxy) is 1. The van der Waals surface area contributed by atoms with Crippen molar-refractivity contribution in [1.29, 1.82) is 0 Å². The van der Waals surface area contributed by atoms with Gasteiger partial charge >= 0.3 is 0 Å². The molecule has 1 N–H and O–H groups in total. The van der Waals surface area contributed by atoms with E-state index in [2.05, 4.69) is 15.5 Å². The maximum Gasteiger partial charge on any atom is 0.260 e. The molecule has 0 spiro atoms. The Labute approximate surface area is 106 Å². The SMILES string of the molecule is CNc1ccccc1-c1nc(CCCOC)no1. The number of benzene rings is 1. The second-order valence-electron chi connectivity index (χ2n) is 3.91. The van der Waals surface area contributed by atoms with Gasteiger partial charge in [0.05, 0.1) is 5.56 Å². The van der Waals surface area contributed by atoms with Crippen LogP contribution in [0.2, 0.25) is 0 Å². The van der Waals surface area contributed by atoms with E-state index in [1.807, 2.05) is 31.3 Å². The van der Waals surface area contributed by atoms with Crippen LogP contribution in [-0.4, -0.2) is 30.9 Å².